The maximum atomic E-state index is 11.5. The first kappa shape index (κ1) is 22.6. The molecule has 0 atom stereocenters. The lowest BCUT2D eigenvalue weighted by molar-refractivity contribution is 0.0946. The highest BCUT2D eigenvalue weighted by Gasteiger charge is 2.20. The summed E-state index contributed by atoms with van der Waals surface area (Å²) in [5.41, 5.74) is 8.29. The summed E-state index contributed by atoms with van der Waals surface area (Å²) in [6, 6.07) is 13.2. The number of hydrogen-bond acceptors (Lipinski definition) is 2. The summed E-state index contributed by atoms with van der Waals surface area (Å²) in [6.07, 6.45) is 2.15. The molecule has 0 aromatic heterocycles. The molecule has 3 nitrogen and oxygen atoms in total. The quantitative estimate of drug-likeness (QED) is 0.625. The van der Waals surface area contributed by atoms with Crippen LogP contribution in [0.2, 0.25) is 0 Å². The first-order valence-electron chi connectivity index (χ1n) is 11.2. The van der Waals surface area contributed by atoms with E-state index in [1.54, 1.807) is 5.56 Å². The smallest absolute Gasteiger partial charge is 0.251 e. The van der Waals surface area contributed by atoms with E-state index in [1.165, 1.54) is 35.2 Å². The van der Waals surface area contributed by atoms with Crippen molar-refractivity contribution in [2.75, 3.05) is 20.1 Å². The number of rotatable bonds is 0. The van der Waals surface area contributed by atoms with Gasteiger partial charge in [0, 0.05) is 26.6 Å². The monoisotopic (exact) mass is 408 g/mol. The van der Waals surface area contributed by atoms with Crippen molar-refractivity contribution in [2.45, 2.75) is 71.8 Å². The summed E-state index contributed by atoms with van der Waals surface area (Å²) in [6.45, 7) is 16.5. The van der Waals surface area contributed by atoms with E-state index >= 15 is 0 Å². The van der Waals surface area contributed by atoms with Crippen molar-refractivity contribution in [1.29, 1.82) is 0 Å². The van der Waals surface area contributed by atoms with Crippen LogP contribution in [0.25, 0.3) is 0 Å². The first-order chi connectivity index (χ1) is 13.9. The summed E-state index contributed by atoms with van der Waals surface area (Å²) in [5.74, 6) is 0.0664. The van der Waals surface area contributed by atoms with Gasteiger partial charge in [0.1, 0.15) is 0 Å². The molecule has 1 amide bonds. The van der Waals surface area contributed by atoms with Crippen molar-refractivity contribution >= 4 is 5.91 Å². The van der Waals surface area contributed by atoms with Gasteiger partial charge in [0.2, 0.25) is 0 Å². The fourth-order valence-electron chi connectivity index (χ4n) is 4.06. The number of fused-ring (bicyclic) bond motifs is 2. The first-order valence-corrected chi connectivity index (χ1v) is 11.2. The summed E-state index contributed by atoms with van der Waals surface area (Å²) in [7, 11) is 2.20. The van der Waals surface area contributed by atoms with Gasteiger partial charge >= 0.3 is 0 Å². The van der Waals surface area contributed by atoms with Crippen LogP contribution in [0.15, 0.2) is 36.4 Å². The predicted octanol–water partition coefficient (Wildman–Crippen LogP) is 5.49. The van der Waals surface area contributed by atoms with Crippen molar-refractivity contribution in [3.05, 3.63) is 69.8 Å². The number of carbonyl (C=O) groups excluding carboxylic acids is 1. The molecule has 0 radical (unpaired) electrons. The lowest BCUT2D eigenvalue weighted by atomic mass is 9.84. The van der Waals surface area contributed by atoms with E-state index in [-0.39, 0.29) is 18.2 Å². The van der Waals surface area contributed by atoms with Gasteiger partial charge in [-0.15, -0.1) is 0 Å². The standard InChI is InChI=1S/C14H21N.C13H17NO.H2/c1-14(2,3)13-6-5-12-10-15(4)8-7-11(12)9-13;1-13(2,3)10-4-5-11-9(8-10)6-7-14-12(11)15;/h5-6,9H,7-8,10H2,1-4H3;4-5,8H,6-7H2,1-3H3,(H,14,15);1H. The molecule has 0 saturated heterocycles. The molecule has 0 fully saturated rings. The zero-order valence-electron chi connectivity index (χ0n) is 19.9. The molecule has 2 aliphatic rings. The molecule has 2 aliphatic heterocycles. The van der Waals surface area contributed by atoms with E-state index in [1.807, 2.05) is 6.07 Å². The van der Waals surface area contributed by atoms with E-state index in [0.29, 0.717) is 0 Å². The van der Waals surface area contributed by atoms with E-state index < -0.39 is 0 Å². The molecule has 0 bridgehead atoms. The highest BCUT2D eigenvalue weighted by molar-refractivity contribution is 5.96. The van der Waals surface area contributed by atoms with Gasteiger partial charge in [-0.05, 0) is 64.6 Å². The van der Waals surface area contributed by atoms with E-state index in [9.17, 15) is 4.79 Å². The van der Waals surface area contributed by atoms with Gasteiger partial charge in [0.25, 0.3) is 5.91 Å². The normalized spacial score (nSPS) is 16.7. The summed E-state index contributed by atoms with van der Waals surface area (Å²) in [4.78, 5) is 13.9. The molecule has 0 aliphatic carbocycles. The summed E-state index contributed by atoms with van der Waals surface area (Å²) in [5, 5.41) is 2.86. The van der Waals surface area contributed by atoms with Crippen LogP contribution in [0.1, 0.15) is 81.1 Å². The number of nitrogens with one attached hydrogen (secondary N) is 1. The van der Waals surface area contributed by atoms with Crippen LogP contribution >= 0.6 is 0 Å². The van der Waals surface area contributed by atoms with E-state index in [2.05, 4.69) is 89.1 Å². The Balaban J connectivity index is 0.000000213. The second-order valence-corrected chi connectivity index (χ2v) is 10.8. The summed E-state index contributed by atoms with van der Waals surface area (Å²) >= 11 is 0. The Hall–Kier alpha value is -2.13. The molecule has 164 valence electrons. The van der Waals surface area contributed by atoms with Crippen LogP contribution in [-0.4, -0.2) is 30.9 Å². The fraction of sp³-hybridized carbons (Fsp3) is 0.519. The van der Waals surface area contributed by atoms with E-state index in [4.69, 9.17) is 0 Å². The Morgan fingerprint density at radius 2 is 1.43 bits per heavy atom. The third kappa shape index (κ3) is 5.31. The maximum absolute atomic E-state index is 11.5. The molecule has 2 aromatic rings. The predicted molar refractivity (Wildman–Crippen MR) is 128 cm³/mol. The Morgan fingerprint density at radius 1 is 0.833 bits per heavy atom. The molecule has 4 rings (SSSR count). The van der Waals surface area contributed by atoms with Gasteiger partial charge in [-0.1, -0.05) is 71.9 Å². The van der Waals surface area contributed by atoms with Gasteiger partial charge < -0.3 is 10.2 Å². The molecule has 0 spiro atoms. The topological polar surface area (TPSA) is 32.3 Å². The minimum absolute atomic E-state index is 0. The van der Waals surface area contributed by atoms with Crippen LogP contribution in [0.5, 0.6) is 0 Å². The van der Waals surface area contributed by atoms with E-state index in [0.717, 1.165) is 25.1 Å². The molecular formula is C27H40N2O. The second kappa shape index (κ2) is 8.55. The summed E-state index contributed by atoms with van der Waals surface area (Å²) < 4.78 is 0. The molecule has 1 N–H and O–H groups in total. The van der Waals surface area contributed by atoms with Crippen molar-refractivity contribution < 1.29 is 6.22 Å². The van der Waals surface area contributed by atoms with Gasteiger partial charge in [0.15, 0.2) is 0 Å². The molecule has 2 aromatic carbocycles. The van der Waals surface area contributed by atoms with Crippen LogP contribution in [-0.2, 0) is 30.2 Å². The van der Waals surface area contributed by atoms with Crippen molar-refractivity contribution in [3.63, 3.8) is 0 Å². The molecule has 30 heavy (non-hydrogen) atoms. The van der Waals surface area contributed by atoms with Gasteiger partial charge in [-0.3, -0.25) is 4.79 Å². The molecule has 0 saturated carbocycles. The number of likely N-dealkylation sites (N-methyl/N-ethyl adjacent to an activating group) is 1. The van der Waals surface area contributed by atoms with Gasteiger partial charge in [-0.2, -0.15) is 0 Å². The fourth-order valence-corrected chi connectivity index (χ4v) is 4.06. The Labute approximate surface area is 184 Å². The Morgan fingerprint density at radius 3 is 2.07 bits per heavy atom. The Kier molecular flexibility index (Phi) is 6.43. The number of hydrogen-bond donors (Lipinski definition) is 1. The molecule has 0 unspecified atom stereocenters. The van der Waals surface area contributed by atoms with Crippen molar-refractivity contribution in [1.82, 2.24) is 10.2 Å². The van der Waals surface area contributed by atoms with Crippen LogP contribution in [0, 0.1) is 0 Å². The third-order valence-electron chi connectivity index (χ3n) is 6.17. The molecule has 2 heterocycles. The SMILES string of the molecule is CC(C)(C)c1ccc2c(c1)CCNC2=O.CN1CCc2cc(C(C)(C)C)ccc2C1.[HH]. The average molecular weight is 409 g/mol. The Bertz CT molecular complexity index is 922. The highest BCUT2D eigenvalue weighted by atomic mass is 16.1. The minimum atomic E-state index is 0. The number of carbonyl (C=O) groups is 1. The van der Waals surface area contributed by atoms with Crippen molar-refractivity contribution in [2.24, 2.45) is 0 Å². The maximum Gasteiger partial charge on any atom is 0.251 e. The lowest BCUT2D eigenvalue weighted by Gasteiger charge is -2.27. The lowest BCUT2D eigenvalue weighted by Crippen LogP contribution is -2.32. The zero-order valence-corrected chi connectivity index (χ0v) is 19.9. The number of nitrogens with zero attached hydrogens (tertiary/aromatic N) is 1. The second-order valence-electron chi connectivity index (χ2n) is 10.8. The molecule has 3 heteroatoms. The third-order valence-corrected chi connectivity index (χ3v) is 6.17. The average Bonchev–Trinajstić information content (AvgIpc) is 2.66. The van der Waals surface area contributed by atoms with Crippen LogP contribution < -0.4 is 5.32 Å². The van der Waals surface area contributed by atoms with Crippen LogP contribution in [0.3, 0.4) is 0 Å². The van der Waals surface area contributed by atoms with Crippen molar-refractivity contribution in [3.8, 4) is 0 Å². The molecular weight excluding hydrogens is 368 g/mol. The van der Waals surface area contributed by atoms with Gasteiger partial charge in [0.05, 0.1) is 0 Å². The number of benzene rings is 2. The number of amides is 1. The minimum Gasteiger partial charge on any atom is -0.352 e. The largest absolute Gasteiger partial charge is 0.352 e. The van der Waals surface area contributed by atoms with Gasteiger partial charge in [-0.25, -0.2) is 0 Å². The zero-order chi connectivity index (χ0) is 22.1. The van der Waals surface area contributed by atoms with Crippen LogP contribution in [0.4, 0.5) is 0 Å². The highest BCUT2D eigenvalue weighted by Crippen LogP contribution is 2.27.